The van der Waals surface area contributed by atoms with Crippen molar-refractivity contribution in [3.05, 3.63) is 29.3 Å². The topological polar surface area (TPSA) is 56.7 Å². The van der Waals surface area contributed by atoms with E-state index in [1.165, 1.54) is 22.2 Å². The lowest BCUT2D eigenvalue weighted by Gasteiger charge is -1.90. The molecule has 0 saturated heterocycles. The van der Waals surface area contributed by atoms with Crippen molar-refractivity contribution in [2.24, 2.45) is 5.73 Å². The van der Waals surface area contributed by atoms with Gasteiger partial charge in [-0.3, -0.25) is 0 Å². The maximum atomic E-state index is 12.6. The van der Waals surface area contributed by atoms with E-state index in [1.807, 2.05) is 0 Å². The lowest BCUT2D eigenvalue weighted by atomic mass is 10.6. The number of halogens is 1. The zero-order valence-corrected chi connectivity index (χ0v) is 7.46. The van der Waals surface area contributed by atoms with Crippen LogP contribution in [0.5, 0.6) is 0 Å². The van der Waals surface area contributed by atoms with Crippen LogP contribution >= 0.6 is 11.3 Å². The average molecular weight is 198 g/mol. The van der Waals surface area contributed by atoms with Crippen LogP contribution < -0.4 is 5.73 Å². The van der Waals surface area contributed by atoms with E-state index in [1.54, 1.807) is 6.20 Å². The van der Waals surface area contributed by atoms with Crippen LogP contribution in [0.15, 0.2) is 18.6 Å². The Bertz CT molecular complexity index is 408. The summed E-state index contributed by atoms with van der Waals surface area (Å²) in [6.07, 6.45) is 4.09. The average Bonchev–Trinajstić information content (AvgIpc) is 2.71. The van der Waals surface area contributed by atoms with Crippen molar-refractivity contribution in [3.63, 3.8) is 0 Å². The minimum absolute atomic E-state index is 0.371. The van der Waals surface area contributed by atoms with Crippen LogP contribution in [0.25, 0.3) is 5.13 Å². The molecule has 0 radical (unpaired) electrons. The Kier molecular flexibility index (Phi) is 2.07. The van der Waals surface area contributed by atoms with Gasteiger partial charge in [-0.1, -0.05) is 11.3 Å². The molecular weight excluding hydrogens is 191 g/mol. The van der Waals surface area contributed by atoms with Crippen LogP contribution in [0.1, 0.15) is 4.88 Å². The molecule has 13 heavy (non-hydrogen) atoms. The molecular formula is C7H7FN4S. The third-order valence-electron chi connectivity index (χ3n) is 1.49. The smallest absolute Gasteiger partial charge is 0.210 e. The second kappa shape index (κ2) is 3.23. The molecule has 2 heterocycles. The van der Waals surface area contributed by atoms with E-state index >= 15 is 0 Å². The Hall–Kier alpha value is -1.27. The molecule has 2 N–H and O–H groups in total. The van der Waals surface area contributed by atoms with Crippen molar-refractivity contribution in [1.29, 1.82) is 0 Å². The number of nitrogens with zero attached hydrogens (tertiary/aromatic N) is 3. The first-order valence-corrected chi connectivity index (χ1v) is 4.46. The van der Waals surface area contributed by atoms with Crippen molar-refractivity contribution < 1.29 is 4.39 Å². The Morgan fingerprint density at radius 2 is 2.38 bits per heavy atom. The van der Waals surface area contributed by atoms with Crippen molar-refractivity contribution in [2.45, 2.75) is 6.54 Å². The molecule has 2 aromatic rings. The molecule has 0 aliphatic heterocycles. The normalized spacial score (nSPS) is 10.6. The third kappa shape index (κ3) is 1.58. The van der Waals surface area contributed by atoms with Gasteiger partial charge in [-0.2, -0.15) is 5.10 Å². The Morgan fingerprint density at radius 3 is 2.92 bits per heavy atom. The molecule has 68 valence electrons. The van der Waals surface area contributed by atoms with Gasteiger partial charge in [-0.15, -0.1) is 0 Å². The number of nitrogens with two attached hydrogens (primary N) is 1. The number of hydrogen-bond donors (Lipinski definition) is 1. The second-order valence-corrected chi connectivity index (χ2v) is 3.51. The van der Waals surface area contributed by atoms with Gasteiger partial charge >= 0.3 is 0 Å². The minimum Gasteiger partial charge on any atom is -0.326 e. The Morgan fingerprint density at radius 1 is 1.54 bits per heavy atom. The SMILES string of the molecule is NCc1cnc(-n2cc(F)cn2)s1. The second-order valence-electron chi connectivity index (χ2n) is 2.42. The van der Waals surface area contributed by atoms with Gasteiger partial charge < -0.3 is 5.73 Å². The summed E-state index contributed by atoms with van der Waals surface area (Å²) >= 11 is 1.40. The summed E-state index contributed by atoms with van der Waals surface area (Å²) in [5, 5.41) is 4.41. The molecule has 0 unspecified atom stereocenters. The molecule has 0 aliphatic carbocycles. The predicted molar refractivity (Wildman–Crippen MR) is 47.1 cm³/mol. The van der Waals surface area contributed by atoms with Gasteiger partial charge in [0.25, 0.3) is 0 Å². The monoisotopic (exact) mass is 198 g/mol. The Labute approximate surface area is 77.8 Å². The number of hydrogen-bond acceptors (Lipinski definition) is 4. The molecule has 0 bridgehead atoms. The minimum atomic E-state index is -0.371. The molecule has 0 fully saturated rings. The first-order valence-electron chi connectivity index (χ1n) is 3.65. The van der Waals surface area contributed by atoms with Crippen LogP contribution in [0.3, 0.4) is 0 Å². The molecule has 0 atom stereocenters. The van der Waals surface area contributed by atoms with Gasteiger partial charge in [0.1, 0.15) is 0 Å². The quantitative estimate of drug-likeness (QED) is 0.780. The molecule has 2 rings (SSSR count). The molecule has 0 spiro atoms. The van der Waals surface area contributed by atoms with E-state index in [9.17, 15) is 4.39 Å². The third-order valence-corrected chi connectivity index (χ3v) is 2.50. The molecule has 2 aromatic heterocycles. The molecule has 4 nitrogen and oxygen atoms in total. The van der Waals surface area contributed by atoms with Crippen molar-refractivity contribution >= 4 is 11.3 Å². The highest BCUT2D eigenvalue weighted by Crippen LogP contribution is 2.15. The van der Waals surface area contributed by atoms with Crippen LogP contribution in [0.4, 0.5) is 4.39 Å². The van der Waals surface area contributed by atoms with Gasteiger partial charge in [0.15, 0.2) is 5.82 Å². The zero-order valence-electron chi connectivity index (χ0n) is 6.64. The lowest BCUT2D eigenvalue weighted by molar-refractivity contribution is 0.627. The number of aromatic nitrogens is 3. The molecule has 0 saturated carbocycles. The molecule has 6 heteroatoms. The number of rotatable bonds is 2. The highest BCUT2D eigenvalue weighted by Gasteiger charge is 2.04. The fraction of sp³-hybridized carbons (Fsp3) is 0.143. The van der Waals surface area contributed by atoms with Gasteiger partial charge in [-0.25, -0.2) is 14.1 Å². The maximum Gasteiger partial charge on any atom is 0.210 e. The van der Waals surface area contributed by atoms with Crippen LogP contribution in [0, 0.1) is 5.82 Å². The van der Waals surface area contributed by atoms with E-state index < -0.39 is 0 Å². The van der Waals surface area contributed by atoms with E-state index in [-0.39, 0.29) is 5.82 Å². The first kappa shape index (κ1) is 8.33. The van der Waals surface area contributed by atoms with Crippen molar-refractivity contribution in [1.82, 2.24) is 14.8 Å². The predicted octanol–water partition coefficient (Wildman–Crippen LogP) is 0.927. The highest BCUT2D eigenvalue weighted by atomic mass is 32.1. The van der Waals surface area contributed by atoms with Crippen molar-refractivity contribution in [3.8, 4) is 5.13 Å². The van der Waals surface area contributed by atoms with Gasteiger partial charge in [0, 0.05) is 17.6 Å². The summed E-state index contributed by atoms with van der Waals surface area (Å²) in [6.45, 7) is 0.446. The highest BCUT2D eigenvalue weighted by molar-refractivity contribution is 7.14. The van der Waals surface area contributed by atoms with Gasteiger partial charge in [-0.05, 0) is 0 Å². The van der Waals surface area contributed by atoms with Gasteiger partial charge in [0.05, 0.1) is 12.4 Å². The van der Waals surface area contributed by atoms with Crippen LogP contribution in [0.2, 0.25) is 0 Å². The fourth-order valence-corrected chi connectivity index (χ4v) is 1.62. The summed E-state index contributed by atoms with van der Waals surface area (Å²) in [7, 11) is 0. The van der Waals surface area contributed by atoms with E-state index in [2.05, 4.69) is 10.1 Å². The summed E-state index contributed by atoms with van der Waals surface area (Å²) in [4.78, 5) is 4.99. The molecule has 0 aromatic carbocycles. The van der Waals surface area contributed by atoms with Gasteiger partial charge in [0.2, 0.25) is 5.13 Å². The summed E-state index contributed by atoms with van der Waals surface area (Å²) in [5.74, 6) is -0.371. The first-order chi connectivity index (χ1) is 6.29. The summed E-state index contributed by atoms with van der Waals surface area (Å²) < 4.78 is 14.0. The summed E-state index contributed by atoms with van der Waals surface area (Å²) in [6, 6.07) is 0. The Balaban J connectivity index is 2.35. The molecule has 0 amide bonds. The van der Waals surface area contributed by atoms with E-state index in [0.29, 0.717) is 11.7 Å². The van der Waals surface area contributed by atoms with E-state index in [0.717, 1.165) is 11.1 Å². The lowest BCUT2D eigenvalue weighted by Crippen LogP contribution is -1.92. The standard InChI is InChI=1S/C7H7FN4S/c8-5-2-11-12(4-5)7-10-3-6(1-9)13-7/h2-4H,1,9H2. The molecule has 0 aliphatic rings. The van der Waals surface area contributed by atoms with Crippen molar-refractivity contribution in [2.75, 3.05) is 0 Å². The van der Waals surface area contributed by atoms with Crippen LogP contribution in [-0.2, 0) is 6.54 Å². The maximum absolute atomic E-state index is 12.6. The largest absolute Gasteiger partial charge is 0.326 e. The summed E-state index contributed by atoms with van der Waals surface area (Å²) in [5.41, 5.74) is 5.41. The zero-order chi connectivity index (χ0) is 9.26. The van der Waals surface area contributed by atoms with Crippen LogP contribution in [-0.4, -0.2) is 14.8 Å². The van der Waals surface area contributed by atoms with E-state index in [4.69, 9.17) is 5.73 Å². The fourth-order valence-electron chi connectivity index (χ4n) is 0.903. The number of thiazole rings is 1.